The van der Waals surface area contributed by atoms with Gasteiger partial charge < -0.3 is 14.7 Å². The molecule has 0 N–H and O–H groups in total. The van der Waals surface area contributed by atoms with Crippen molar-refractivity contribution in [3.05, 3.63) is 34.9 Å². The van der Waals surface area contributed by atoms with Gasteiger partial charge >= 0.3 is 6.03 Å². The minimum Gasteiger partial charge on any atom is -0.338 e. The number of benzene rings is 1. The average molecular weight is 348 g/mol. The maximum absolute atomic E-state index is 12.6. The van der Waals surface area contributed by atoms with Crippen molar-refractivity contribution < 1.29 is 9.59 Å². The van der Waals surface area contributed by atoms with E-state index in [4.69, 9.17) is 11.6 Å². The van der Waals surface area contributed by atoms with Gasteiger partial charge in [-0.25, -0.2) is 4.79 Å². The summed E-state index contributed by atoms with van der Waals surface area (Å²) in [4.78, 5) is 31.0. The molecule has 0 spiro atoms. The van der Waals surface area contributed by atoms with E-state index in [-0.39, 0.29) is 18.0 Å². The van der Waals surface area contributed by atoms with Gasteiger partial charge in [0.2, 0.25) is 0 Å². The molecule has 6 heteroatoms. The second kappa shape index (κ2) is 6.28. The number of piperidine rings is 1. The van der Waals surface area contributed by atoms with Crippen LogP contribution in [0.2, 0.25) is 5.02 Å². The van der Waals surface area contributed by atoms with Crippen molar-refractivity contribution in [2.24, 2.45) is 0 Å². The van der Waals surface area contributed by atoms with Gasteiger partial charge in [-0.2, -0.15) is 0 Å². The van der Waals surface area contributed by atoms with E-state index >= 15 is 0 Å². The average Bonchev–Trinajstić information content (AvgIpc) is 3.18. The number of amides is 3. The fraction of sp³-hybridized carbons (Fsp3) is 0.556. The number of carbonyl (C=O) groups excluding carboxylic acids is 2. The molecule has 128 valence electrons. The van der Waals surface area contributed by atoms with Crippen LogP contribution in [-0.2, 0) is 0 Å². The molecular formula is C18H22ClN3O2. The number of rotatable bonds is 2. The summed E-state index contributed by atoms with van der Waals surface area (Å²) in [5, 5.41) is 0.637. The van der Waals surface area contributed by atoms with Crippen molar-refractivity contribution in [3.63, 3.8) is 0 Å². The topological polar surface area (TPSA) is 43.9 Å². The van der Waals surface area contributed by atoms with Gasteiger partial charge in [-0.15, -0.1) is 0 Å². The van der Waals surface area contributed by atoms with E-state index in [1.807, 2.05) is 14.7 Å². The van der Waals surface area contributed by atoms with Gasteiger partial charge in [0, 0.05) is 42.8 Å². The Labute approximate surface area is 147 Å². The molecule has 3 saturated heterocycles. The van der Waals surface area contributed by atoms with E-state index in [0.717, 1.165) is 38.8 Å². The molecule has 0 aliphatic carbocycles. The Morgan fingerprint density at radius 3 is 2.33 bits per heavy atom. The summed E-state index contributed by atoms with van der Waals surface area (Å²) >= 11 is 5.88. The lowest BCUT2D eigenvalue weighted by molar-refractivity contribution is 0.0662. The molecule has 1 aromatic rings. The SMILES string of the molecule is O=C(c1ccc(Cl)cc1)N1CCC(N2CC3CCCN3C2=O)CC1. The van der Waals surface area contributed by atoms with Crippen LogP contribution < -0.4 is 0 Å². The normalized spacial score (nSPS) is 24.6. The zero-order valence-electron chi connectivity index (χ0n) is 13.7. The van der Waals surface area contributed by atoms with Crippen LogP contribution in [0.4, 0.5) is 4.79 Å². The second-order valence-corrected chi connectivity index (χ2v) is 7.39. The van der Waals surface area contributed by atoms with Crippen LogP contribution >= 0.6 is 11.6 Å². The highest BCUT2D eigenvalue weighted by Gasteiger charge is 2.43. The number of carbonyl (C=O) groups is 2. The van der Waals surface area contributed by atoms with Crippen molar-refractivity contribution >= 4 is 23.5 Å². The largest absolute Gasteiger partial charge is 0.338 e. The maximum atomic E-state index is 12.6. The van der Waals surface area contributed by atoms with Crippen LogP contribution in [-0.4, -0.2) is 64.9 Å². The molecular weight excluding hydrogens is 326 g/mol. The highest BCUT2D eigenvalue weighted by molar-refractivity contribution is 6.30. The number of hydrogen-bond acceptors (Lipinski definition) is 2. The van der Waals surface area contributed by atoms with Gasteiger partial charge in [0.1, 0.15) is 0 Å². The van der Waals surface area contributed by atoms with Gasteiger partial charge in [-0.05, 0) is 49.9 Å². The van der Waals surface area contributed by atoms with Crippen LogP contribution in [0.15, 0.2) is 24.3 Å². The lowest BCUT2D eigenvalue weighted by Gasteiger charge is -2.36. The number of nitrogens with zero attached hydrogens (tertiary/aromatic N) is 3. The summed E-state index contributed by atoms with van der Waals surface area (Å²) in [5.41, 5.74) is 0.677. The Morgan fingerprint density at radius 1 is 0.958 bits per heavy atom. The highest BCUT2D eigenvalue weighted by atomic mass is 35.5. The third kappa shape index (κ3) is 2.75. The summed E-state index contributed by atoms with van der Waals surface area (Å²) in [7, 11) is 0. The molecule has 1 atom stereocenters. The molecule has 1 aromatic carbocycles. The smallest absolute Gasteiger partial charge is 0.320 e. The Balaban J connectivity index is 1.36. The summed E-state index contributed by atoms with van der Waals surface area (Å²) in [6.07, 6.45) is 4.01. The molecule has 3 amide bonds. The van der Waals surface area contributed by atoms with Crippen molar-refractivity contribution in [2.45, 2.75) is 37.8 Å². The first kappa shape index (κ1) is 15.8. The van der Waals surface area contributed by atoms with Crippen molar-refractivity contribution in [2.75, 3.05) is 26.2 Å². The van der Waals surface area contributed by atoms with Gasteiger partial charge in [0.05, 0.1) is 6.04 Å². The van der Waals surface area contributed by atoms with Crippen LogP contribution in [0.3, 0.4) is 0 Å². The fourth-order valence-corrected chi connectivity index (χ4v) is 4.33. The fourth-order valence-electron chi connectivity index (χ4n) is 4.21. The molecule has 3 aliphatic heterocycles. The first-order chi connectivity index (χ1) is 11.6. The minimum atomic E-state index is 0.0542. The Kier molecular flexibility index (Phi) is 4.12. The van der Waals surface area contributed by atoms with Crippen molar-refractivity contribution in [1.29, 1.82) is 0 Å². The molecule has 3 aliphatic rings. The van der Waals surface area contributed by atoms with Crippen LogP contribution in [0.1, 0.15) is 36.0 Å². The molecule has 0 radical (unpaired) electrons. The molecule has 3 fully saturated rings. The lowest BCUT2D eigenvalue weighted by atomic mass is 10.0. The van der Waals surface area contributed by atoms with Crippen molar-refractivity contribution in [1.82, 2.24) is 14.7 Å². The van der Waals surface area contributed by atoms with Gasteiger partial charge in [-0.1, -0.05) is 11.6 Å². The first-order valence-electron chi connectivity index (χ1n) is 8.75. The van der Waals surface area contributed by atoms with E-state index in [1.165, 1.54) is 0 Å². The number of hydrogen-bond donors (Lipinski definition) is 0. The predicted octanol–water partition coefficient (Wildman–Crippen LogP) is 2.84. The zero-order valence-corrected chi connectivity index (χ0v) is 14.4. The zero-order chi connectivity index (χ0) is 16.7. The molecule has 24 heavy (non-hydrogen) atoms. The predicted molar refractivity (Wildman–Crippen MR) is 92.2 cm³/mol. The molecule has 0 bridgehead atoms. The third-order valence-electron chi connectivity index (χ3n) is 5.56. The number of urea groups is 1. The first-order valence-corrected chi connectivity index (χ1v) is 9.13. The summed E-state index contributed by atoms with van der Waals surface area (Å²) < 4.78 is 0. The summed E-state index contributed by atoms with van der Waals surface area (Å²) in [6, 6.07) is 7.95. The lowest BCUT2D eigenvalue weighted by Crippen LogP contribution is -2.48. The van der Waals surface area contributed by atoms with Crippen LogP contribution in [0, 0.1) is 0 Å². The summed E-state index contributed by atoms with van der Waals surface area (Å²) in [6.45, 7) is 3.20. The van der Waals surface area contributed by atoms with E-state index in [1.54, 1.807) is 24.3 Å². The molecule has 4 rings (SSSR count). The Morgan fingerprint density at radius 2 is 1.67 bits per heavy atom. The van der Waals surface area contributed by atoms with Crippen LogP contribution in [0.25, 0.3) is 0 Å². The number of likely N-dealkylation sites (tertiary alicyclic amines) is 1. The summed E-state index contributed by atoms with van der Waals surface area (Å²) in [5.74, 6) is 0.0542. The van der Waals surface area contributed by atoms with Gasteiger partial charge in [0.15, 0.2) is 0 Å². The molecule has 1 unspecified atom stereocenters. The molecule has 3 heterocycles. The Bertz CT molecular complexity index is 640. The number of fused-ring (bicyclic) bond motifs is 1. The standard InChI is InChI=1S/C18H22ClN3O2/c19-14-5-3-13(4-6-14)17(23)20-10-7-15(8-11-20)22-12-16-2-1-9-21(16)18(22)24/h3-6,15-16H,1-2,7-12H2. The van der Waals surface area contributed by atoms with E-state index in [2.05, 4.69) is 0 Å². The van der Waals surface area contributed by atoms with E-state index in [0.29, 0.717) is 29.7 Å². The van der Waals surface area contributed by atoms with Gasteiger partial charge in [0.25, 0.3) is 5.91 Å². The van der Waals surface area contributed by atoms with Crippen LogP contribution in [0.5, 0.6) is 0 Å². The molecule has 5 nitrogen and oxygen atoms in total. The second-order valence-electron chi connectivity index (χ2n) is 6.95. The quantitative estimate of drug-likeness (QED) is 0.825. The third-order valence-corrected chi connectivity index (χ3v) is 5.81. The monoisotopic (exact) mass is 347 g/mol. The maximum Gasteiger partial charge on any atom is 0.320 e. The van der Waals surface area contributed by atoms with E-state index in [9.17, 15) is 9.59 Å². The highest BCUT2D eigenvalue weighted by Crippen LogP contribution is 2.30. The van der Waals surface area contributed by atoms with Crippen molar-refractivity contribution in [3.8, 4) is 0 Å². The Hall–Kier alpha value is -1.75. The molecule has 0 aromatic heterocycles. The van der Waals surface area contributed by atoms with E-state index < -0.39 is 0 Å². The number of halogens is 1. The van der Waals surface area contributed by atoms with Gasteiger partial charge in [-0.3, -0.25) is 4.79 Å². The molecule has 0 saturated carbocycles. The minimum absolute atomic E-state index is 0.0542.